The average molecular weight is 398 g/mol. The summed E-state index contributed by atoms with van der Waals surface area (Å²) in [5, 5.41) is 10.4. The van der Waals surface area contributed by atoms with Crippen LogP contribution in [0.25, 0.3) is 0 Å². The second kappa shape index (κ2) is 7.22. The van der Waals surface area contributed by atoms with Gasteiger partial charge in [-0.25, -0.2) is 4.79 Å². The number of carbonyl (C=O) groups excluding carboxylic acids is 2. The highest BCUT2D eigenvalue weighted by Gasteiger charge is 2.49. The molecule has 29 heavy (non-hydrogen) atoms. The molecule has 4 rings (SSSR count). The fraction of sp³-hybridized carbons (Fsp3) is 0.455. The van der Waals surface area contributed by atoms with Crippen LogP contribution in [0.2, 0.25) is 0 Å². The molecule has 0 radical (unpaired) electrons. The van der Waals surface area contributed by atoms with Gasteiger partial charge in [-0.2, -0.15) is 0 Å². The molecule has 154 valence electrons. The van der Waals surface area contributed by atoms with Gasteiger partial charge in [-0.05, 0) is 24.6 Å². The lowest BCUT2D eigenvalue weighted by atomic mass is 9.89. The third-order valence-electron chi connectivity index (χ3n) is 5.73. The van der Waals surface area contributed by atoms with E-state index in [0.717, 1.165) is 26.2 Å². The van der Waals surface area contributed by atoms with Crippen molar-refractivity contribution in [3.63, 3.8) is 0 Å². The Morgan fingerprint density at radius 2 is 1.69 bits per heavy atom. The van der Waals surface area contributed by atoms with Gasteiger partial charge in [-0.3, -0.25) is 9.69 Å². The number of hydrogen-bond donors (Lipinski definition) is 1. The number of aliphatic hydroxyl groups is 1. The highest BCUT2D eigenvalue weighted by atomic mass is 16.8. The monoisotopic (exact) mass is 398 g/mol. The number of cyclic esters (lactones) is 1. The number of benzene rings is 1. The maximum absolute atomic E-state index is 12.9. The number of carbonyl (C=O) groups is 2. The number of ether oxygens (including phenoxy) is 2. The van der Waals surface area contributed by atoms with Gasteiger partial charge in [0.2, 0.25) is 0 Å². The first-order valence-corrected chi connectivity index (χ1v) is 9.89. The number of esters is 1. The maximum atomic E-state index is 12.9. The van der Waals surface area contributed by atoms with Crippen molar-refractivity contribution in [2.75, 3.05) is 31.1 Å². The highest BCUT2D eigenvalue weighted by Crippen LogP contribution is 2.38. The fourth-order valence-corrected chi connectivity index (χ4v) is 4.30. The number of piperazine rings is 1. The second-order valence-corrected chi connectivity index (χ2v) is 8.15. The summed E-state index contributed by atoms with van der Waals surface area (Å²) in [6.45, 7) is 7.92. The van der Waals surface area contributed by atoms with Crippen molar-refractivity contribution in [2.45, 2.75) is 32.6 Å². The Labute approximate surface area is 170 Å². The lowest BCUT2D eigenvalue weighted by molar-refractivity contribution is -0.223. The largest absolute Gasteiger partial charge is 0.480 e. The van der Waals surface area contributed by atoms with Crippen LogP contribution in [0.4, 0.5) is 5.69 Å². The molecule has 0 amide bonds. The molecule has 1 aliphatic carbocycles. The Kier molecular flexibility index (Phi) is 4.86. The maximum Gasteiger partial charge on any atom is 0.345 e. The zero-order chi connectivity index (χ0) is 20.8. The van der Waals surface area contributed by atoms with Crippen LogP contribution in [0.5, 0.6) is 0 Å². The van der Waals surface area contributed by atoms with Gasteiger partial charge in [0, 0.05) is 51.8 Å². The first kappa shape index (κ1) is 19.5. The summed E-state index contributed by atoms with van der Waals surface area (Å²) in [7, 11) is 0. The van der Waals surface area contributed by atoms with Gasteiger partial charge < -0.3 is 19.5 Å². The number of nitrogens with zero attached hydrogens (tertiary/aromatic N) is 2. The summed E-state index contributed by atoms with van der Waals surface area (Å²) >= 11 is 0. The molecule has 2 heterocycles. The normalized spacial score (nSPS) is 27.6. The minimum absolute atomic E-state index is 0.0853. The fourth-order valence-electron chi connectivity index (χ4n) is 4.30. The predicted octanol–water partition coefficient (Wildman–Crippen LogP) is 2.40. The molecule has 0 aromatic heterocycles. The molecule has 1 N–H and O–H groups in total. The molecular weight excluding hydrogens is 372 g/mol. The van der Waals surface area contributed by atoms with E-state index in [1.807, 2.05) is 24.3 Å². The van der Waals surface area contributed by atoms with Gasteiger partial charge in [0.1, 0.15) is 5.57 Å². The van der Waals surface area contributed by atoms with Crippen LogP contribution in [0.15, 0.2) is 53.5 Å². The molecule has 0 spiro atoms. The van der Waals surface area contributed by atoms with E-state index < -0.39 is 23.6 Å². The first-order valence-electron chi connectivity index (χ1n) is 9.89. The van der Waals surface area contributed by atoms with Gasteiger partial charge in [-0.15, -0.1) is 0 Å². The van der Waals surface area contributed by atoms with Crippen LogP contribution in [0, 0.1) is 5.92 Å². The number of hydrogen-bond acceptors (Lipinski definition) is 7. The van der Waals surface area contributed by atoms with Crippen molar-refractivity contribution in [3.05, 3.63) is 53.5 Å². The van der Waals surface area contributed by atoms with E-state index in [4.69, 9.17) is 9.47 Å². The Hall–Kier alpha value is -2.80. The molecule has 1 aromatic carbocycles. The Morgan fingerprint density at radius 1 is 1.03 bits per heavy atom. The summed E-state index contributed by atoms with van der Waals surface area (Å²) in [6.07, 6.45) is 1.89. The molecule has 0 saturated carbocycles. The van der Waals surface area contributed by atoms with E-state index in [0.29, 0.717) is 5.57 Å². The number of aliphatic hydroxyl groups excluding tert-OH is 1. The van der Waals surface area contributed by atoms with Crippen LogP contribution in [0.3, 0.4) is 0 Å². The Morgan fingerprint density at radius 3 is 2.31 bits per heavy atom. The first-order chi connectivity index (χ1) is 13.8. The molecule has 7 nitrogen and oxygen atoms in total. The molecule has 1 fully saturated rings. The van der Waals surface area contributed by atoms with Crippen LogP contribution in [-0.2, 0) is 19.1 Å². The van der Waals surface area contributed by atoms with Crippen molar-refractivity contribution in [1.29, 1.82) is 0 Å². The Bertz CT molecular complexity index is 882. The molecule has 1 aromatic rings. The van der Waals surface area contributed by atoms with E-state index in [9.17, 15) is 14.7 Å². The standard InChI is InChI=1S/C22H26N2O5/c1-14-13-16(24-11-9-23(10-12-24)15-7-5-4-6-8-15)17(19(14)25)18-20(26)28-22(2,3)29-21(18)27/h4-8,13,16-17,26H,9-12H2,1-3H3/t16-,17-/m1/s1. The average Bonchev–Trinajstić information content (AvgIpc) is 2.96. The lowest BCUT2D eigenvalue weighted by Gasteiger charge is -2.41. The molecule has 0 unspecified atom stereocenters. The number of rotatable bonds is 3. The highest BCUT2D eigenvalue weighted by molar-refractivity contribution is 6.07. The van der Waals surface area contributed by atoms with Crippen LogP contribution in [-0.4, -0.2) is 59.8 Å². The van der Waals surface area contributed by atoms with Gasteiger partial charge in [0.05, 0.1) is 5.92 Å². The quantitative estimate of drug-likeness (QED) is 0.783. The van der Waals surface area contributed by atoms with E-state index in [-0.39, 0.29) is 17.4 Å². The third-order valence-corrected chi connectivity index (χ3v) is 5.73. The number of anilines is 1. The summed E-state index contributed by atoms with van der Waals surface area (Å²) in [5.74, 6) is -3.47. The van der Waals surface area contributed by atoms with Crippen molar-refractivity contribution in [3.8, 4) is 0 Å². The van der Waals surface area contributed by atoms with Gasteiger partial charge in [-0.1, -0.05) is 24.3 Å². The summed E-state index contributed by atoms with van der Waals surface area (Å²) in [6, 6.07) is 9.89. The van der Waals surface area contributed by atoms with Crippen LogP contribution < -0.4 is 4.90 Å². The molecular formula is C22H26N2O5. The van der Waals surface area contributed by atoms with Crippen molar-refractivity contribution in [1.82, 2.24) is 4.90 Å². The summed E-state index contributed by atoms with van der Waals surface area (Å²) in [5.41, 5.74) is 1.67. The van der Waals surface area contributed by atoms with Gasteiger partial charge >= 0.3 is 5.97 Å². The summed E-state index contributed by atoms with van der Waals surface area (Å²) < 4.78 is 10.6. The van der Waals surface area contributed by atoms with Crippen molar-refractivity contribution < 1.29 is 24.2 Å². The van der Waals surface area contributed by atoms with Crippen LogP contribution in [0.1, 0.15) is 20.8 Å². The third kappa shape index (κ3) is 3.62. The smallest absolute Gasteiger partial charge is 0.345 e. The zero-order valence-electron chi connectivity index (χ0n) is 16.9. The van der Waals surface area contributed by atoms with Crippen molar-refractivity contribution in [2.24, 2.45) is 5.92 Å². The number of Topliss-reactive ketones (excluding diaryl/α,β-unsaturated/α-hetero) is 1. The van der Waals surface area contributed by atoms with Gasteiger partial charge in [0.15, 0.2) is 5.78 Å². The summed E-state index contributed by atoms with van der Waals surface area (Å²) in [4.78, 5) is 30.0. The molecule has 1 saturated heterocycles. The molecule has 2 atom stereocenters. The van der Waals surface area contributed by atoms with E-state index in [2.05, 4.69) is 21.9 Å². The van der Waals surface area contributed by atoms with Crippen molar-refractivity contribution >= 4 is 17.4 Å². The topological polar surface area (TPSA) is 79.3 Å². The molecule has 3 aliphatic rings. The van der Waals surface area contributed by atoms with Gasteiger partial charge in [0.25, 0.3) is 11.7 Å². The predicted molar refractivity (Wildman–Crippen MR) is 107 cm³/mol. The lowest BCUT2D eigenvalue weighted by Crippen LogP contribution is -2.53. The number of para-hydroxylation sites is 1. The second-order valence-electron chi connectivity index (χ2n) is 8.15. The van der Waals surface area contributed by atoms with Crippen LogP contribution >= 0.6 is 0 Å². The minimum atomic E-state index is -1.26. The molecule has 0 bridgehead atoms. The number of allylic oxidation sites excluding steroid dienone is 1. The molecule has 2 aliphatic heterocycles. The Balaban J connectivity index is 1.55. The SMILES string of the molecule is CC1=C[C@@H](N2CCN(c3ccccc3)CC2)[C@H](C2=C(O)OC(C)(C)OC2=O)C1=O. The van der Waals surface area contributed by atoms with E-state index in [1.54, 1.807) is 6.92 Å². The zero-order valence-corrected chi connectivity index (χ0v) is 16.9. The molecule has 7 heteroatoms. The van der Waals surface area contributed by atoms with E-state index in [1.165, 1.54) is 19.5 Å². The number of ketones is 1. The van der Waals surface area contributed by atoms with E-state index >= 15 is 0 Å². The minimum Gasteiger partial charge on any atom is -0.480 e.